The van der Waals surface area contributed by atoms with E-state index in [2.05, 4.69) is 16.4 Å². The Hall–Kier alpha value is -1.57. The lowest BCUT2D eigenvalue weighted by atomic mass is 9.72. The van der Waals surface area contributed by atoms with Crippen LogP contribution in [0.25, 0.3) is 0 Å². The number of aliphatic imine (C=N–C) groups is 1. The molecule has 0 aromatic rings. The molecule has 3 N–H and O–H groups in total. The normalized spacial score (nSPS) is 29.1. The van der Waals surface area contributed by atoms with Crippen molar-refractivity contribution < 1.29 is 4.79 Å². The van der Waals surface area contributed by atoms with Gasteiger partial charge >= 0.3 is 0 Å². The number of hydrogen-bond acceptors (Lipinski definition) is 4. The van der Waals surface area contributed by atoms with Crippen molar-refractivity contribution in [3.63, 3.8) is 0 Å². The Balaban J connectivity index is 2.37. The highest BCUT2D eigenvalue weighted by molar-refractivity contribution is 6.01. The summed E-state index contributed by atoms with van der Waals surface area (Å²) in [5.74, 6) is -0.814. The van der Waals surface area contributed by atoms with Crippen molar-refractivity contribution >= 4 is 11.9 Å². The van der Waals surface area contributed by atoms with Crippen LogP contribution in [0.15, 0.2) is 4.99 Å². The van der Waals surface area contributed by atoms with Crippen LogP contribution < -0.4 is 11.1 Å². The zero-order valence-corrected chi connectivity index (χ0v) is 8.49. The van der Waals surface area contributed by atoms with Crippen LogP contribution in [0.4, 0.5) is 0 Å². The first-order chi connectivity index (χ1) is 7.18. The fourth-order valence-electron chi connectivity index (χ4n) is 2.52. The van der Waals surface area contributed by atoms with Gasteiger partial charge in [0, 0.05) is 0 Å². The van der Waals surface area contributed by atoms with E-state index in [1.165, 1.54) is 0 Å². The van der Waals surface area contributed by atoms with Crippen LogP contribution in [0.5, 0.6) is 0 Å². The van der Waals surface area contributed by atoms with Crippen LogP contribution in [-0.2, 0) is 4.79 Å². The monoisotopic (exact) mass is 206 g/mol. The summed E-state index contributed by atoms with van der Waals surface area (Å²) in [5.41, 5.74) is 5.01. The number of carbonyl (C=O) groups excluding carboxylic acids is 1. The van der Waals surface area contributed by atoms with Crippen molar-refractivity contribution in [2.45, 2.75) is 37.6 Å². The Bertz CT molecular complexity index is 349. The predicted octanol–water partition coefficient (Wildman–Crippen LogP) is 0.274. The van der Waals surface area contributed by atoms with E-state index in [9.17, 15) is 4.79 Å². The van der Waals surface area contributed by atoms with Gasteiger partial charge in [-0.3, -0.25) is 10.1 Å². The highest BCUT2D eigenvalue weighted by Gasteiger charge is 2.46. The third kappa shape index (κ3) is 1.56. The van der Waals surface area contributed by atoms with Gasteiger partial charge in [0.25, 0.3) is 0 Å². The van der Waals surface area contributed by atoms with E-state index >= 15 is 0 Å². The van der Waals surface area contributed by atoms with E-state index in [0.717, 1.165) is 32.1 Å². The van der Waals surface area contributed by atoms with E-state index in [-0.39, 0.29) is 11.9 Å². The number of rotatable bonds is 0. The Kier molecular flexibility index (Phi) is 2.35. The molecular formula is C10H14N4O. The molecule has 1 saturated carbocycles. The molecule has 80 valence electrons. The first kappa shape index (κ1) is 9.97. The lowest BCUT2D eigenvalue weighted by molar-refractivity contribution is -0.124. The van der Waals surface area contributed by atoms with Crippen LogP contribution >= 0.6 is 0 Å². The van der Waals surface area contributed by atoms with Gasteiger partial charge in [-0.25, -0.2) is 4.99 Å². The highest BCUT2D eigenvalue weighted by Crippen LogP contribution is 2.39. The molecule has 0 aromatic heterocycles. The molecule has 0 saturated heterocycles. The van der Waals surface area contributed by atoms with E-state index in [1.54, 1.807) is 0 Å². The lowest BCUT2D eigenvalue weighted by Gasteiger charge is -2.39. The molecule has 0 bridgehead atoms. The van der Waals surface area contributed by atoms with E-state index in [4.69, 9.17) is 11.0 Å². The first-order valence-corrected chi connectivity index (χ1v) is 5.24. The topological polar surface area (TPSA) is 91.3 Å². The molecule has 1 spiro atoms. The number of nitriles is 1. The second kappa shape index (κ2) is 3.54. The molecule has 5 nitrogen and oxygen atoms in total. The maximum Gasteiger partial charge on any atom is 0.246 e. The summed E-state index contributed by atoms with van der Waals surface area (Å²) in [6.07, 6.45) is 4.76. The largest absolute Gasteiger partial charge is 0.370 e. The third-order valence-corrected chi connectivity index (χ3v) is 3.24. The molecule has 2 rings (SSSR count). The third-order valence-electron chi connectivity index (χ3n) is 3.24. The molecule has 1 aliphatic heterocycles. The average molecular weight is 206 g/mol. The maximum absolute atomic E-state index is 11.6. The van der Waals surface area contributed by atoms with E-state index < -0.39 is 11.5 Å². The minimum Gasteiger partial charge on any atom is -0.370 e. The summed E-state index contributed by atoms with van der Waals surface area (Å²) < 4.78 is 0. The molecule has 2 aliphatic rings. The number of hydrogen-bond donors (Lipinski definition) is 2. The van der Waals surface area contributed by atoms with Gasteiger partial charge in [-0.2, -0.15) is 5.26 Å². The summed E-state index contributed by atoms with van der Waals surface area (Å²) in [4.78, 5) is 15.9. The van der Waals surface area contributed by atoms with Crippen LogP contribution in [0, 0.1) is 17.2 Å². The molecule has 5 heteroatoms. The zero-order valence-electron chi connectivity index (χ0n) is 8.49. The molecule has 1 heterocycles. The Morgan fingerprint density at radius 3 is 2.73 bits per heavy atom. The number of nitrogens with two attached hydrogens (primary N) is 1. The van der Waals surface area contributed by atoms with Crippen molar-refractivity contribution in [1.82, 2.24) is 5.32 Å². The molecule has 0 unspecified atom stereocenters. The second-order valence-corrected chi connectivity index (χ2v) is 4.21. The minimum atomic E-state index is -0.676. The Labute approximate surface area is 88.4 Å². The highest BCUT2D eigenvalue weighted by atomic mass is 16.2. The molecule has 1 aliphatic carbocycles. The number of carbonyl (C=O) groups is 1. The van der Waals surface area contributed by atoms with Crippen molar-refractivity contribution in [1.29, 1.82) is 5.26 Å². The summed E-state index contributed by atoms with van der Waals surface area (Å²) in [6.45, 7) is 0. The number of nitrogens with zero attached hydrogens (tertiary/aromatic N) is 2. The fourth-order valence-corrected chi connectivity index (χ4v) is 2.52. The van der Waals surface area contributed by atoms with Crippen molar-refractivity contribution in [2.24, 2.45) is 16.6 Å². The molecule has 15 heavy (non-hydrogen) atoms. The predicted molar refractivity (Wildman–Crippen MR) is 54.7 cm³/mol. The number of nitrogens with one attached hydrogen (secondary N) is 1. The molecular weight excluding hydrogens is 192 g/mol. The van der Waals surface area contributed by atoms with Crippen molar-refractivity contribution in [3.05, 3.63) is 0 Å². The van der Waals surface area contributed by atoms with Gasteiger partial charge in [-0.05, 0) is 12.8 Å². The number of amides is 1. The van der Waals surface area contributed by atoms with Crippen molar-refractivity contribution in [2.75, 3.05) is 0 Å². The smallest absolute Gasteiger partial charge is 0.246 e. The van der Waals surface area contributed by atoms with Crippen LogP contribution in [-0.4, -0.2) is 17.4 Å². The number of guanidine groups is 1. The fraction of sp³-hybridized carbons (Fsp3) is 0.700. The van der Waals surface area contributed by atoms with Gasteiger partial charge in [-0.15, -0.1) is 0 Å². The summed E-state index contributed by atoms with van der Waals surface area (Å²) >= 11 is 0. The summed E-state index contributed by atoms with van der Waals surface area (Å²) in [5, 5.41) is 11.5. The van der Waals surface area contributed by atoms with Crippen LogP contribution in [0.2, 0.25) is 0 Å². The molecule has 1 amide bonds. The molecule has 1 atom stereocenters. The SMILES string of the molecule is N#C[C@H]1C(=O)NC(N)=NC12CCCCC2. The zero-order chi connectivity index (χ0) is 10.9. The second-order valence-electron chi connectivity index (χ2n) is 4.21. The molecule has 0 radical (unpaired) electrons. The standard InChI is InChI=1S/C10H14N4O/c11-6-7-8(15)13-9(12)14-10(7)4-2-1-3-5-10/h7H,1-5H2,(H3,12,13,14,15)/t7-/m0/s1. The summed E-state index contributed by atoms with van der Waals surface area (Å²) in [6, 6.07) is 2.06. The lowest BCUT2D eigenvalue weighted by Crippen LogP contribution is -2.55. The first-order valence-electron chi connectivity index (χ1n) is 5.24. The van der Waals surface area contributed by atoms with Gasteiger partial charge in [-0.1, -0.05) is 19.3 Å². The van der Waals surface area contributed by atoms with E-state index in [1.807, 2.05) is 0 Å². The Morgan fingerprint density at radius 1 is 1.47 bits per heavy atom. The molecule has 0 aromatic carbocycles. The van der Waals surface area contributed by atoms with Gasteiger partial charge in [0.2, 0.25) is 5.91 Å². The van der Waals surface area contributed by atoms with Gasteiger partial charge in [0.15, 0.2) is 11.9 Å². The van der Waals surface area contributed by atoms with Crippen LogP contribution in [0.3, 0.4) is 0 Å². The minimum absolute atomic E-state index is 0.161. The molecule has 1 fully saturated rings. The van der Waals surface area contributed by atoms with Crippen LogP contribution in [0.1, 0.15) is 32.1 Å². The van der Waals surface area contributed by atoms with Crippen molar-refractivity contribution in [3.8, 4) is 6.07 Å². The van der Waals surface area contributed by atoms with Gasteiger partial charge in [0.05, 0.1) is 11.6 Å². The van der Waals surface area contributed by atoms with E-state index in [0.29, 0.717) is 0 Å². The average Bonchev–Trinajstić information content (AvgIpc) is 2.18. The summed E-state index contributed by atoms with van der Waals surface area (Å²) in [7, 11) is 0. The van der Waals surface area contributed by atoms with Gasteiger partial charge < -0.3 is 5.73 Å². The quantitative estimate of drug-likeness (QED) is 0.596. The van der Waals surface area contributed by atoms with Gasteiger partial charge in [0.1, 0.15) is 0 Å². The Morgan fingerprint density at radius 2 is 2.13 bits per heavy atom. The maximum atomic E-state index is 11.6.